The first-order valence-corrected chi connectivity index (χ1v) is 11.1. The lowest BCUT2D eigenvalue weighted by Crippen LogP contribution is -2.15. The highest BCUT2D eigenvalue weighted by molar-refractivity contribution is 7.99. The van der Waals surface area contributed by atoms with Crippen molar-refractivity contribution in [2.45, 2.75) is 24.9 Å². The van der Waals surface area contributed by atoms with Crippen molar-refractivity contribution >= 4 is 46.5 Å². The quantitative estimate of drug-likeness (QED) is 0.398. The van der Waals surface area contributed by atoms with Crippen LogP contribution in [0.3, 0.4) is 0 Å². The second-order valence-corrected chi connectivity index (χ2v) is 8.17. The van der Waals surface area contributed by atoms with Crippen molar-refractivity contribution < 1.29 is 23.2 Å². The maximum Gasteiger partial charge on any atom is 0.234 e. The van der Waals surface area contributed by atoms with E-state index in [-0.39, 0.29) is 36.1 Å². The number of hydrogen-bond acceptors (Lipinski definition) is 6. The Hall–Kier alpha value is -3.80. The maximum absolute atomic E-state index is 13.7. The lowest BCUT2D eigenvalue weighted by atomic mass is 10.2. The molecule has 2 aromatic carbocycles. The van der Waals surface area contributed by atoms with Gasteiger partial charge in [0.05, 0.1) is 11.4 Å². The number of hydrogen-bond donors (Lipinski definition) is 3. The second kappa shape index (κ2) is 11.4. The molecule has 1 aromatic heterocycles. The number of amides is 3. The van der Waals surface area contributed by atoms with Gasteiger partial charge in [-0.25, -0.2) is 8.78 Å². The molecular formula is C22H22F2N6O3S. The van der Waals surface area contributed by atoms with Crippen molar-refractivity contribution in [3.63, 3.8) is 0 Å². The van der Waals surface area contributed by atoms with E-state index in [0.29, 0.717) is 28.4 Å². The zero-order valence-corrected chi connectivity index (χ0v) is 19.2. The van der Waals surface area contributed by atoms with E-state index in [1.165, 1.54) is 18.7 Å². The van der Waals surface area contributed by atoms with E-state index < -0.39 is 17.5 Å². The van der Waals surface area contributed by atoms with Gasteiger partial charge in [-0.1, -0.05) is 11.8 Å². The largest absolute Gasteiger partial charge is 0.326 e. The molecule has 0 fully saturated rings. The van der Waals surface area contributed by atoms with E-state index in [1.807, 2.05) is 0 Å². The SMILES string of the molecule is CC(=O)Nc1ccc(NC(=O)CSc2nnc(CCC(=O)Nc3ccc(F)cc3F)n2C)cc1. The molecule has 0 atom stereocenters. The summed E-state index contributed by atoms with van der Waals surface area (Å²) in [5.41, 5.74) is 1.11. The lowest BCUT2D eigenvalue weighted by Gasteiger charge is -2.08. The summed E-state index contributed by atoms with van der Waals surface area (Å²) in [5.74, 6) is -1.86. The van der Waals surface area contributed by atoms with Crippen molar-refractivity contribution in [2.24, 2.45) is 7.05 Å². The average Bonchev–Trinajstić information content (AvgIpc) is 3.13. The Bertz CT molecular complexity index is 1200. The first-order chi connectivity index (χ1) is 16.2. The van der Waals surface area contributed by atoms with Crippen LogP contribution in [0.1, 0.15) is 19.2 Å². The number of carbonyl (C=O) groups excluding carboxylic acids is 3. The summed E-state index contributed by atoms with van der Waals surface area (Å²) >= 11 is 1.18. The Morgan fingerprint density at radius 3 is 2.26 bits per heavy atom. The van der Waals surface area contributed by atoms with Gasteiger partial charge < -0.3 is 20.5 Å². The summed E-state index contributed by atoms with van der Waals surface area (Å²) < 4.78 is 28.3. The average molecular weight is 489 g/mol. The monoisotopic (exact) mass is 488 g/mol. The number of anilines is 3. The van der Waals surface area contributed by atoms with Gasteiger partial charge >= 0.3 is 0 Å². The van der Waals surface area contributed by atoms with Gasteiger partial charge in [0.2, 0.25) is 17.7 Å². The number of nitrogens with zero attached hydrogens (tertiary/aromatic N) is 3. The lowest BCUT2D eigenvalue weighted by molar-refractivity contribution is -0.116. The summed E-state index contributed by atoms with van der Waals surface area (Å²) in [7, 11) is 1.72. The van der Waals surface area contributed by atoms with Crippen LogP contribution in [0.2, 0.25) is 0 Å². The minimum atomic E-state index is -0.854. The molecule has 0 bridgehead atoms. The molecule has 0 radical (unpaired) electrons. The van der Waals surface area contributed by atoms with E-state index in [4.69, 9.17) is 0 Å². The van der Waals surface area contributed by atoms with Crippen LogP contribution in [0.5, 0.6) is 0 Å². The maximum atomic E-state index is 13.7. The molecular weight excluding hydrogens is 466 g/mol. The molecule has 178 valence electrons. The molecule has 34 heavy (non-hydrogen) atoms. The van der Waals surface area contributed by atoms with E-state index >= 15 is 0 Å². The molecule has 3 aromatic rings. The smallest absolute Gasteiger partial charge is 0.234 e. The highest BCUT2D eigenvalue weighted by Crippen LogP contribution is 2.19. The summed E-state index contributed by atoms with van der Waals surface area (Å²) in [6, 6.07) is 9.62. The predicted octanol–water partition coefficient (Wildman–Crippen LogP) is 3.35. The minimum absolute atomic E-state index is 0.0163. The first kappa shape index (κ1) is 24.8. The highest BCUT2D eigenvalue weighted by Gasteiger charge is 2.14. The topological polar surface area (TPSA) is 118 Å². The van der Waals surface area contributed by atoms with Crippen LogP contribution in [0, 0.1) is 11.6 Å². The fourth-order valence-electron chi connectivity index (χ4n) is 2.88. The zero-order chi connectivity index (χ0) is 24.7. The van der Waals surface area contributed by atoms with Crippen LogP contribution in [-0.2, 0) is 27.9 Å². The number of carbonyl (C=O) groups is 3. The van der Waals surface area contributed by atoms with Gasteiger partial charge in [0.15, 0.2) is 5.16 Å². The van der Waals surface area contributed by atoms with Crippen LogP contribution in [0.4, 0.5) is 25.8 Å². The van der Waals surface area contributed by atoms with Gasteiger partial charge in [0, 0.05) is 44.3 Å². The fraction of sp³-hybridized carbons (Fsp3) is 0.227. The molecule has 0 aliphatic heterocycles. The molecule has 0 spiro atoms. The van der Waals surface area contributed by atoms with E-state index in [1.54, 1.807) is 35.9 Å². The third-order valence-electron chi connectivity index (χ3n) is 4.53. The first-order valence-electron chi connectivity index (χ1n) is 10.1. The van der Waals surface area contributed by atoms with Gasteiger partial charge in [-0.2, -0.15) is 0 Å². The molecule has 0 saturated carbocycles. The number of aryl methyl sites for hydroxylation is 1. The van der Waals surface area contributed by atoms with Crippen LogP contribution in [0.15, 0.2) is 47.6 Å². The summed E-state index contributed by atoms with van der Waals surface area (Å²) in [5, 5.41) is 16.4. The third kappa shape index (κ3) is 7.10. The summed E-state index contributed by atoms with van der Waals surface area (Å²) in [6.07, 6.45) is 0.258. The van der Waals surface area contributed by atoms with E-state index in [9.17, 15) is 23.2 Å². The van der Waals surface area contributed by atoms with Crippen LogP contribution in [0.25, 0.3) is 0 Å². The predicted molar refractivity (Wildman–Crippen MR) is 124 cm³/mol. The van der Waals surface area contributed by atoms with Crippen molar-refractivity contribution in [2.75, 3.05) is 21.7 Å². The molecule has 12 heteroatoms. The Balaban J connectivity index is 1.46. The van der Waals surface area contributed by atoms with Crippen molar-refractivity contribution in [3.05, 3.63) is 59.9 Å². The van der Waals surface area contributed by atoms with Gasteiger partial charge in [-0.05, 0) is 36.4 Å². The Kier molecular flexibility index (Phi) is 8.30. The molecule has 1 heterocycles. The van der Waals surface area contributed by atoms with Crippen LogP contribution < -0.4 is 16.0 Å². The number of aromatic nitrogens is 3. The second-order valence-electron chi connectivity index (χ2n) is 7.23. The molecule has 9 nitrogen and oxygen atoms in total. The zero-order valence-electron chi connectivity index (χ0n) is 18.4. The van der Waals surface area contributed by atoms with Crippen molar-refractivity contribution in [1.82, 2.24) is 14.8 Å². The fourth-order valence-corrected chi connectivity index (χ4v) is 3.61. The van der Waals surface area contributed by atoms with Crippen molar-refractivity contribution in [1.29, 1.82) is 0 Å². The Labute approximate surface area is 198 Å². The summed E-state index contributed by atoms with van der Waals surface area (Å²) in [6.45, 7) is 1.41. The van der Waals surface area contributed by atoms with Gasteiger partial charge in [-0.15, -0.1) is 10.2 Å². The minimum Gasteiger partial charge on any atom is -0.326 e. The molecule has 0 aliphatic rings. The van der Waals surface area contributed by atoms with Gasteiger partial charge in [0.25, 0.3) is 0 Å². The molecule has 3 rings (SSSR count). The van der Waals surface area contributed by atoms with E-state index in [0.717, 1.165) is 12.1 Å². The van der Waals surface area contributed by atoms with Gasteiger partial charge in [0.1, 0.15) is 17.5 Å². The van der Waals surface area contributed by atoms with Gasteiger partial charge in [-0.3, -0.25) is 14.4 Å². The normalized spacial score (nSPS) is 10.6. The molecule has 0 unspecified atom stereocenters. The number of nitrogens with one attached hydrogen (secondary N) is 3. The molecule has 3 amide bonds. The third-order valence-corrected chi connectivity index (χ3v) is 5.55. The Morgan fingerprint density at radius 2 is 1.62 bits per heavy atom. The molecule has 0 aliphatic carbocycles. The van der Waals surface area contributed by atoms with Crippen LogP contribution >= 0.6 is 11.8 Å². The Morgan fingerprint density at radius 1 is 0.941 bits per heavy atom. The van der Waals surface area contributed by atoms with Crippen molar-refractivity contribution in [3.8, 4) is 0 Å². The summed E-state index contributed by atoms with van der Waals surface area (Å²) in [4.78, 5) is 35.4. The molecule has 0 saturated heterocycles. The standard InChI is InChI=1S/C22H22F2N6O3S/c1-13(31)25-15-4-6-16(7-5-15)26-21(33)12-34-22-29-28-19(30(22)2)9-10-20(32)27-18-8-3-14(23)11-17(18)24/h3-8,11H,9-10,12H2,1-2H3,(H,25,31)(H,26,33)(H,27,32). The van der Waals surface area contributed by atoms with Crippen LogP contribution in [-0.4, -0.2) is 38.2 Å². The van der Waals surface area contributed by atoms with E-state index in [2.05, 4.69) is 26.1 Å². The molecule has 3 N–H and O–H groups in total. The number of halogens is 2. The number of benzene rings is 2. The highest BCUT2D eigenvalue weighted by atomic mass is 32.2. The number of thioether (sulfide) groups is 1. The number of rotatable bonds is 9.